The van der Waals surface area contributed by atoms with Gasteiger partial charge < -0.3 is 10.2 Å². The van der Waals surface area contributed by atoms with Crippen LogP contribution in [0, 0.1) is 6.92 Å². The highest BCUT2D eigenvalue weighted by Crippen LogP contribution is 2.26. The Bertz CT molecular complexity index is 395. The fourth-order valence-electron chi connectivity index (χ4n) is 2.48. The summed E-state index contributed by atoms with van der Waals surface area (Å²) >= 11 is 3.51. The number of aromatic nitrogens is 1. The van der Waals surface area contributed by atoms with Gasteiger partial charge in [0.25, 0.3) is 0 Å². The van der Waals surface area contributed by atoms with E-state index in [2.05, 4.69) is 51.0 Å². The number of halogens is 1. The van der Waals surface area contributed by atoms with Gasteiger partial charge in [0.05, 0.1) is 0 Å². The first-order valence-electron chi connectivity index (χ1n) is 6.82. The zero-order chi connectivity index (χ0) is 13.0. The first kappa shape index (κ1) is 13.8. The maximum Gasteiger partial charge on any atom is 0.129 e. The van der Waals surface area contributed by atoms with Crippen molar-refractivity contribution in [3.8, 4) is 0 Å². The molecule has 1 aliphatic heterocycles. The Morgan fingerprint density at radius 2 is 2.39 bits per heavy atom. The Balaban J connectivity index is 2.03. The smallest absolute Gasteiger partial charge is 0.129 e. The molecule has 0 spiro atoms. The molecular formula is C14H22BrN3. The first-order chi connectivity index (χ1) is 8.72. The predicted molar refractivity (Wildman–Crippen MR) is 80.2 cm³/mol. The maximum absolute atomic E-state index is 4.55. The molecule has 2 heterocycles. The zero-order valence-electron chi connectivity index (χ0n) is 11.2. The van der Waals surface area contributed by atoms with Crippen LogP contribution >= 0.6 is 15.9 Å². The number of pyridine rings is 1. The number of nitrogens with zero attached hydrogens (tertiary/aromatic N) is 2. The molecule has 1 aromatic heterocycles. The number of aryl methyl sites for hydroxylation is 1. The lowest BCUT2D eigenvalue weighted by atomic mass is 10.2. The van der Waals surface area contributed by atoms with Crippen LogP contribution < -0.4 is 10.2 Å². The van der Waals surface area contributed by atoms with Crippen molar-refractivity contribution in [3.63, 3.8) is 0 Å². The molecule has 2 rings (SSSR count). The molecule has 1 aliphatic rings. The van der Waals surface area contributed by atoms with Crippen molar-refractivity contribution in [2.24, 2.45) is 0 Å². The van der Waals surface area contributed by atoms with Gasteiger partial charge in [0.1, 0.15) is 5.82 Å². The van der Waals surface area contributed by atoms with E-state index in [4.69, 9.17) is 0 Å². The molecule has 1 N–H and O–H groups in total. The van der Waals surface area contributed by atoms with Crippen LogP contribution in [-0.2, 0) is 0 Å². The van der Waals surface area contributed by atoms with Crippen LogP contribution in [0.5, 0.6) is 0 Å². The molecule has 0 radical (unpaired) electrons. The highest BCUT2D eigenvalue weighted by Gasteiger charge is 2.25. The van der Waals surface area contributed by atoms with Gasteiger partial charge in [-0.2, -0.15) is 0 Å². The van der Waals surface area contributed by atoms with Gasteiger partial charge in [0, 0.05) is 29.8 Å². The summed E-state index contributed by atoms with van der Waals surface area (Å²) in [5.74, 6) is 1.12. The van der Waals surface area contributed by atoms with E-state index in [1.54, 1.807) is 0 Å². The average molecular weight is 312 g/mol. The van der Waals surface area contributed by atoms with Crippen molar-refractivity contribution in [1.82, 2.24) is 10.3 Å². The normalized spacial score (nSPS) is 19.5. The van der Waals surface area contributed by atoms with Crippen LogP contribution in [0.1, 0.15) is 31.7 Å². The van der Waals surface area contributed by atoms with E-state index in [9.17, 15) is 0 Å². The lowest BCUT2D eigenvalue weighted by Crippen LogP contribution is -2.38. The quantitative estimate of drug-likeness (QED) is 0.847. The molecule has 0 bridgehead atoms. The van der Waals surface area contributed by atoms with E-state index in [-0.39, 0.29) is 0 Å². The minimum atomic E-state index is 0.602. The van der Waals surface area contributed by atoms with Gasteiger partial charge in [-0.1, -0.05) is 6.92 Å². The molecule has 4 heteroatoms. The Morgan fingerprint density at radius 3 is 3.11 bits per heavy atom. The van der Waals surface area contributed by atoms with Crippen molar-refractivity contribution in [1.29, 1.82) is 0 Å². The van der Waals surface area contributed by atoms with Crippen LogP contribution in [0.4, 0.5) is 5.82 Å². The standard InChI is InChI=1S/C14H22BrN3/c1-3-6-16-9-12-5-4-7-18(12)14-8-11(2)13(15)10-17-14/h8,10,12,16H,3-7,9H2,1-2H3. The fourth-order valence-corrected chi connectivity index (χ4v) is 2.69. The first-order valence-corrected chi connectivity index (χ1v) is 7.61. The van der Waals surface area contributed by atoms with E-state index in [1.807, 2.05) is 6.20 Å². The molecule has 0 saturated carbocycles. The van der Waals surface area contributed by atoms with Gasteiger partial charge in [-0.05, 0) is 60.3 Å². The number of anilines is 1. The van der Waals surface area contributed by atoms with Gasteiger partial charge in [-0.15, -0.1) is 0 Å². The lowest BCUT2D eigenvalue weighted by molar-refractivity contribution is 0.568. The minimum absolute atomic E-state index is 0.602. The van der Waals surface area contributed by atoms with Crippen LogP contribution in [0.25, 0.3) is 0 Å². The second kappa shape index (κ2) is 6.53. The molecule has 1 saturated heterocycles. The molecule has 1 aromatic rings. The fraction of sp³-hybridized carbons (Fsp3) is 0.643. The molecule has 1 fully saturated rings. The summed E-state index contributed by atoms with van der Waals surface area (Å²) in [6.45, 7) is 7.64. The summed E-state index contributed by atoms with van der Waals surface area (Å²) in [5.41, 5.74) is 1.26. The Morgan fingerprint density at radius 1 is 1.56 bits per heavy atom. The number of hydrogen-bond acceptors (Lipinski definition) is 3. The van der Waals surface area contributed by atoms with Crippen LogP contribution in [-0.4, -0.2) is 30.7 Å². The summed E-state index contributed by atoms with van der Waals surface area (Å²) in [6, 6.07) is 2.78. The van der Waals surface area contributed by atoms with Crippen LogP contribution in [0.15, 0.2) is 16.7 Å². The van der Waals surface area contributed by atoms with Gasteiger partial charge >= 0.3 is 0 Å². The SMILES string of the molecule is CCCNCC1CCCN1c1cc(C)c(Br)cn1. The number of hydrogen-bond donors (Lipinski definition) is 1. The van der Waals surface area contributed by atoms with Crippen molar-refractivity contribution < 1.29 is 0 Å². The van der Waals surface area contributed by atoms with Crippen LogP contribution in [0.2, 0.25) is 0 Å². The molecule has 0 aliphatic carbocycles. The third-order valence-corrected chi connectivity index (χ3v) is 4.34. The van der Waals surface area contributed by atoms with Crippen molar-refractivity contribution in [3.05, 3.63) is 22.3 Å². The third kappa shape index (κ3) is 3.23. The maximum atomic E-state index is 4.55. The summed E-state index contributed by atoms with van der Waals surface area (Å²) in [4.78, 5) is 7.00. The summed E-state index contributed by atoms with van der Waals surface area (Å²) in [7, 11) is 0. The average Bonchev–Trinajstić information content (AvgIpc) is 2.81. The summed E-state index contributed by atoms with van der Waals surface area (Å²) in [5, 5.41) is 3.52. The van der Waals surface area contributed by atoms with Crippen molar-refractivity contribution >= 4 is 21.7 Å². The zero-order valence-corrected chi connectivity index (χ0v) is 12.8. The largest absolute Gasteiger partial charge is 0.352 e. The molecular weight excluding hydrogens is 290 g/mol. The lowest BCUT2D eigenvalue weighted by Gasteiger charge is -2.26. The van der Waals surface area contributed by atoms with Crippen LogP contribution in [0.3, 0.4) is 0 Å². The second-order valence-electron chi connectivity index (χ2n) is 4.99. The van der Waals surface area contributed by atoms with Gasteiger partial charge in [-0.25, -0.2) is 4.98 Å². The monoisotopic (exact) mass is 311 g/mol. The molecule has 1 atom stereocenters. The summed E-state index contributed by atoms with van der Waals surface area (Å²) < 4.78 is 1.09. The minimum Gasteiger partial charge on any atom is -0.352 e. The van der Waals surface area contributed by atoms with E-state index in [0.29, 0.717) is 6.04 Å². The van der Waals surface area contributed by atoms with E-state index >= 15 is 0 Å². The van der Waals surface area contributed by atoms with E-state index in [1.165, 1.54) is 24.8 Å². The molecule has 18 heavy (non-hydrogen) atoms. The molecule has 1 unspecified atom stereocenters. The summed E-state index contributed by atoms with van der Waals surface area (Å²) in [6.07, 6.45) is 5.66. The molecule has 0 aromatic carbocycles. The number of nitrogens with one attached hydrogen (secondary N) is 1. The van der Waals surface area contributed by atoms with Gasteiger partial charge in [0.2, 0.25) is 0 Å². The molecule has 100 valence electrons. The predicted octanol–water partition coefficient (Wildman–Crippen LogP) is 3.12. The third-order valence-electron chi connectivity index (χ3n) is 3.51. The number of rotatable bonds is 5. The Kier molecular flexibility index (Phi) is 5.01. The highest BCUT2D eigenvalue weighted by molar-refractivity contribution is 9.10. The van der Waals surface area contributed by atoms with E-state index < -0.39 is 0 Å². The Labute approximate surface area is 118 Å². The van der Waals surface area contributed by atoms with Crippen molar-refractivity contribution in [2.45, 2.75) is 39.2 Å². The van der Waals surface area contributed by atoms with Crippen molar-refractivity contribution in [2.75, 3.05) is 24.5 Å². The second-order valence-corrected chi connectivity index (χ2v) is 5.84. The van der Waals surface area contributed by atoms with Gasteiger partial charge in [0.15, 0.2) is 0 Å². The van der Waals surface area contributed by atoms with E-state index in [0.717, 1.165) is 29.9 Å². The molecule has 0 amide bonds. The van der Waals surface area contributed by atoms with Gasteiger partial charge in [-0.3, -0.25) is 0 Å². The topological polar surface area (TPSA) is 28.2 Å². The molecule has 3 nitrogen and oxygen atoms in total. The Hall–Kier alpha value is -0.610. The highest BCUT2D eigenvalue weighted by atomic mass is 79.9.